The molecule has 0 amide bonds. The minimum atomic E-state index is 0.197. The first-order valence-corrected chi connectivity index (χ1v) is 7.79. The molecule has 0 saturated carbocycles. The maximum atomic E-state index is 4.28. The van der Waals surface area contributed by atoms with Gasteiger partial charge in [-0.1, -0.05) is 19.8 Å². The highest BCUT2D eigenvalue weighted by atomic mass is 15.2. The second-order valence-corrected chi connectivity index (χ2v) is 6.07. The van der Waals surface area contributed by atoms with Crippen LogP contribution in [0, 0.1) is 0 Å². The van der Waals surface area contributed by atoms with Crippen LogP contribution >= 0.6 is 0 Å². The van der Waals surface area contributed by atoms with Gasteiger partial charge in [0.05, 0.1) is 0 Å². The molecule has 0 radical (unpaired) electrons. The zero-order valence-corrected chi connectivity index (χ0v) is 13.3. The van der Waals surface area contributed by atoms with Crippen LogP contribution in [0.4, 0.5) is 0 Å². The van der Waals surface area contributed by atoms with Gasteiger partial charge in [-0.2, -0.15) is 0 Å². The normalized spacial score (nSPS) is 18.4. The lowest BCUT2D eigenvalue weighted by molar-refractivity contribution is 0.0982. The number of unbranched alkanes of at least 4 members (excludes halogenated alkanes) is 1. The van der Waals surface area contributed by atoms with Crippen molar-refractivity contribution in [2.75, 3.05) is 33.2 Å². The second kappa shape index (κ2) is 8.41. The highest BCUT2D eigenvalue weighted by Gasteiger charge is 2.27. The monoisotopic (exact) mass is 268 g/mol. The molecular weight excluding hydrogens is 236 g/mol. The van der Waals surface area contributed by atoms with E-state index in [4.69, 9.17) is 0 Å². The summed E-state index contributed by atoms with van der Waals surface area (Å²) in [5.41, 5.74) is 0.197. The molecule has 19 heavy (non-hydrogen) atoms. The van der Waals surface area contributed by atoms with Gasteiger partial charge in [0.15, 0.2) is 5.96 Å². The number of hydrogen-bond acceptors (Lipinski definition) is 2. The van der Waals surface area contributed by atoms with Crippen molar-refractivity contribution in [1.29, 1.82) is 0 Å². The topological polar surface area (TPSA) is 39.7 Å². The number of hydrogen-bond donors (Lipinski definition) is 2. The smallest absolute Gasteiger partial charge is 0.191 e. The molecule has 4 nitrogen and oxygen atoms in total. The van der Waals surface area contributed by atoms with Crippen LogP contribution in [0.25, 0.3) is 0 Å². The van der Waals surface area contributed by atoms with E-state index in [2.05, 4.69) is 41.3 Å². The van der Waals surface area contributed by atoms with Crippen molar-refractivity contribution in [2.45, 2.75) is 58.4 Å². The molecule has 4 heteroatoms. The first-order chi connectivity index (χ1) is 9.10. The Kier molecular flexibility index (Phi) is 7.21. The Morgan fingerprint density at radius 1 is 1.16 bits per heavy atom. The Morgan fingerprint density at radius 3 is 2.42 bits per heavy atom. The van der Waals surface area contributed by atoms with E-state index in [0.29, 0.717) is 0 Å². The van der Waals surface area contributed by atoms with Crippen molar-refractivity contribution in [3.05, 3.63) is 0 Å². The molecule has 1 rings (SSSR count). The number of likely N-dealkylation sites (tertiary alicyclic amines) is 1. The van der Waals surface area contributed by atoms with Crippen LogP contribution in [0.2, 0.25) is 0 Å². The molecule has 1 aliphatic rings. The first kappa shape index (κ1) is 16.3. The van der Waals surface area contributed by atoms with Gasteiger partial charge < -0.3 is 10.6 Å². The number of nitrogens with zero attached hydrogens (tertiary/aromatic N) is 2. The molecule has 0 aromatic heterocycles. The Labute approximate surface area is 119 Å². The average Bonchev–Trinajstić information content (AvgIpc) is 2.43. The van der Waals surface area contributed by atoms with Crippen LogP contribution in [-0.4, -0.2) is 49.6 Å². The fraction of sp³-hybridized carbons (Fsp3) is 0.933. The predicted molar refractivity (Wildman–Crippen MR) is 83.8 cm³/mol. The van der Waals surface area contributed by atoms with Crippen molar-refractivity contribution in [2.24, 2.45) is 4.99 Å². The van der Waals surface area contributed by atoms with E-state index in [1.54, 1.807) is 0 Å². The van der Waals surface area contributed by atoms with Crippen molar-refractivity contribution >= 4 is 5.96 Å². The Morgan fingerprint density at radius 2 is 1.84 bits per heavy atom. The number of aliphatic imine (C=N–C) groups is 1. The van der Waals surface area contributed by atoms with Gasteiger partial charge in [-0.3, -0.25) is 9.89 Å². The molecule has 0 aliphatic carbocycles. The van der Waals surface area contributed by atoms with Crippen molar-refractivity contribution in [3.63, 3.8) is 0 Å². The van der Waals surface area contributed by atoms with E-state index in [-0.39, 0.29) is 5.54 Å². The van der Waals surface area contributed by atoms with Gasteiger partial charge in [0.25, 0.3) is 0 Å². The molecule has 0 spiro atoms. The van der Waals surface area contributed by atoms with E-state index in [1.807, 2.05) is 7.05 Å². The summed E-state index contributed by atoms with van der Waals surface area (Å²) in [5, 5.41) is 6.83. The van der Waals surface area contributed by atoms with Crippen LogP contribution in [0.5, 0.6) is 0 Å². The van der Waals surface area contributed by atoms with Crippen molar-refractivity contribution in [3.8, 4) is 0 Å². The van der Waals surface area contributed by atoms with E-state index >= 15 is 0 Å². The van der Waals surface area contributed by atoms with Gasteiger partial charge in [0.2, 0.25) is 0 Å². The maximum absolute atomic E-state index is 4.28. The Balaban J connectivity index is 2.35. The summed E-state index contributed by atoms with van der Waals surface area (Å²) in [4.78, 5) is 6.88. The van der Waals surface area contributed by atoms with Gasteiger partial charge in [-0.05, 0) is 46.2 Å². The summed E-state index contributed by atoms with van der Waals surface area (Å²) in [6.07, 6.45) is 6.47. The maximum Gasteiger partial charge on any atom is 0.191 e. The van der Waals surface area contributed by atoms with Gasteiger partial charge >= 0.3 is 0 Å². The third-order valence-electron chi connectivity index (χ3n) is 3.95. The number of guanidine groups is 1. The molecule has 0 aromatic carbocycles. The minimum absolute atomic E-state index is 0.197. The summed E-state index contributed by atoms with van der Waals surface area (Å²) in [5.74, 6) is 0.929. The average molecular weight is 268 g/mol. The summed E-state index contributed by atoms with van der Waals surface area (Å²) >= 11 is 0. The molecule has 2 N–H and O–H groups in total. The molecule has 1 heterocycles. The highest BCUT2D eigenvalue weighted by Crippen LogP contribution is 2.19. The second-order valence-electron chi connectivity index (χ2n) is 6.07. The molecule has 0 bridgehead atoms. The van der Waals surface area contributed by atoms with Crippen LogP contribution in [0.15, 0.2) is 4.99 Å². The van der Waals surface area contributed by atoms with Gasteiger partial charge in [0.1, 0.15) is 0 Å². The molecule has 1 fully saturated rings. The minimum Gasteiger partial charge on any atom is -0.356 e. The lowest BCUT2D eigenvalue weighted by Crippen LogP contribution is -2.54. The molecule has 1 aliphatic heterocycles. The summed E-state index contributed by atoms with van der Waals surface area (Å²) in [6.45, 7) is 11.3. The molecule has 0 unspecified atom stereocenters. The van der Waals surface area contributed by atoms with Crippen molar-refractivity contribution < 1.29 is 0 Å². The highest BCUT2D eigenvalue weighted by molar-refractivity contribution is 5.79. The standard InChI is InChI=1S/C15H32N4/c1-5-6-10-17-14(16-4)18-13-15(2,3)19-11-8-7-9-12-19/h5-13H2,1-4H3,(H2,16,17,18). The summed E-state index contributed by atoms with van der Waals surface area (Å²) in [7, 11) is 1.84. The third-order valence-corrected chi connectivity index (χ3v) is 3.95. The third kappa shape index (κ3) is 5.81. The number of rotatable bonds is 6. The van der Waals surface area contributed by atoms with Gasteiger partial charge in [-0.15, -0.1) is 0 Å². The van der Waals surface area contributed by atoms with E-state index in [0.717, 1.165) is 19.0 Å². The molecule has 0 atom stereocenters. The fourth-order valence-corrected chi connectivity index (χ4v) is 2.52. The largest absolute Gasteiger partial charge is 0.356 e. The van der Waals surface area contributed by atoms with E-state index in [1.165, 1.54) is 45.2 Å². The molecular formula is C15H32N4. The fourth-order valence-electron chi connectivity index (χ4n) is 2.52. The van der Waals surface area contributed by atoms with Crippen LogP contribution in [0.3, 0.4) is 0 Å². The Bertz CT molecular complexity index is 267. The lowest BCUT2D eigenvalue weighted by Gasteiger charge is -2.41. The molecule has 112 valence electrons. The number of piperidine rings is 1. The van der Waals surface area contributed by atoms with E-state index in [9.17, 15) is 0 Å². The molecule has 0 aromatic rings. The zero-order valence-electron chi connectivity index (χ0n) is 13.3. The number of nitrogens with one attached hydrogen (secondary N) is 2. The first-order valence-electron chi connectivity index (χ1n) is 7.79. The van der Waals surface area contributed by atoms with Crippen LogP contribution in [0.1, 0.15) is 52.9 Å². The lowest BCUT2D eigenvalue weighted by atomic mass is 9.98. The van der Waals surface area contributed by atoms with Crippen molar-refractivity contribution in [1.82, 2.24) is 15.5 Å². The van der Waals surface area contributed by atoms with Crippen LogP contribution in [-0.2, 0) is 0 Å². The Hall–Kier alpha value is -0.770. The summed E-state index contributed by atoms with van der Waals surface area (Å²) < 4.78 is 0. The van der Waals surface area contributed by atoms with Gasteiger partial charge in [-0.25, -0.2) is 0 Å². The predicted octanol–water partition coefficient (Wildman–Crippen LogP) is 2.22. The SMILES string of the molecule is CCCCNC(=NC)NCC(C)(C)N1CCCCC1. The zero-order chi connectivity index (χ0) is 14.1. The summed E-state index contributed by atoms with van der Waals surface area (Å²) in [6, 6.07) is 0. The van der Waals surface area contributed by atoms with Gasteiger partial charge in [0, 0.05) is 25.7 Å². The van der Waals surface area contributed by atoms with E-state index < -0.39 is 0 Å². The quantitative estimate of drug-likeness (QED) is 0.441. The van der Waals surface area contributed by atoms with Crippen LogP contribution < -0.4 is 10.6 Å². The molecule has 1 saturated heterocycles.